The van der Waals surface area contributed by atoms with Crippen LogP contribution in [-0.2, 0) is 13.1 Å². The van der Waals surface area contributed by atoms with Crippen molar-refractivity contribution in [1.82, 2.24) is 45.3 Å². The molecule has 0 amide bonds. The monoisotopic (exact) mass is 639 g/mol. The van der Waals surface area contributed by atoms with Crippen LogP contribution in [-0.4, -0.2) is 66.3 Å². The molecule has 3 N–H and O–H groups in total. The molecule has 0 saturated carbocycles. The molecule has 10 nitrogen and oxygen atoms in total. The Bertz CT molecular complexity index is 2190. The van der Waals surface area contributed by atoms with Crippen molar-refractivity contribution in [3.05, 3.63) is 108 Å². The molecule has 0 spiro atoms. The summed E-state index contributed by atoms with van der Waals surface area (Å²) in [5.41, 5.74) is 8.50. The topological polar surface area (TPSA) is 121 Å². The first-order chi connectivity index (χ1) is 23.7. The van der Waals surface area contributed by atoms with Crippen molar-refractivity contribution in [3.63, 3.8) is 0 Å². The van der Waals surface area contributed by atoms with Crippen LogP contribution in [0.25, 0.3) is 56.1 Å². The highest BCUT2D eigenvalue weighted by atomic mass is 19.1. The number of halogens is 1. The minimum absolute atomic E-state index is 0.390. The van der Waals surface area contributed by atoms with E-state index < -0.39 is 5.82 Å². The maximum absolute atomic E-state index is 14.8. The molecule has 2 aromatic carbocycles. The van der Waals surface area contributed by atoms with E-state index in [1.807, 2.05) is 54.9 Å². The van der Waals surface area contributed by atoms with Gasteiger partial charge in [0.25, 0.3) is 0 Å². The minimum atomic E-state index is -0.390. The molecule has 0 atom stereocenters. The quantitative estimate of drug-likeness (QED) is 0.146. The largest absolute Gasteiger partial charge is 0.492 e. The number of likely N-dealkylation sites (tertiary alicyclic amines) is 1. The molecule has 11 heteroatoms. The SMILES string of the molecule is Fc1cc(OCCN2CCCC2)cc(-c2nccc3[nH]c(-c4n[nH]c5ccc(-c6cncc(CNCc7ccccc7)c6)nc45)nc23)c1. The number of aromatic nitrogens is 7. The molecule has 1 aliphatic heterocycles. The Balaban J connectivity index is 1.05. The number of imidazole rings is 1. The van der Waals surface area contributed by atoms with Gasteiger partial charge >= 0.3 is 0 Å². The van der Waals surface area contributed by atoms with E-state index in [2.05, 4.69) is 53.6 Å². The first-order valence-corrected chi connectivity index (χ1v) is 16.2. The Kier molecular flexibility index (Phi) is 8.27. The molecule has 1 fully saturated rings. The summed E-state index contributed by atoms with van der Waals surface area (Å²) in [4.78, 5) is 24.7. The zero-order valence-corrected chi connectivity index (χ0v) is 26.3. The minimum Gasteiger partial charge on any atom is -0.492 e. The maximum Gasteiger partial charge on any atom is 0.161 e. The first kappa shape index (κ1) is 29.9. The number of hydrogen-bond donors (Lipinski definition) is 3. The van der Waals surface area contributed by atoms with Gasteiger partial charge in [-0.25, -0.2) is 14.4 Å². The van der Waals surface area contributed by atoms with Crippen LogP contribution < -0.4 is 10.1 Å². The van der Waals surface area contributed by atoms with Crippen molar-refractivity contribution in [2.75, 3.05) is 26.2 Å². The van der Waals surface area contributed by atoms with Gasteiger partial charge in [0.1, 0.15) is 29.2 Å². The molecule has 240 valence electrons. The molecule has 0 radical (unpaired) electrons. The highest BCUT2D eigenvalue weighted by Crippen LogP contribution is 2.32. The van der Waals surface area contributed by atoms with Crippen LogP contribution in [0.15, 0.2) is 91.4 Å². The normalized spacial score (nSPS) is 13.5. The second-order valence-electron chi connectivity index (χ2n) is 12.0. The van der Waals surface area contributed by atoms with Gasteiger partial charge in [-0.1, -0.05) is 30.3 Å². The molecule has 1 saturated heterocycles. The molecule has 48 heavy (non-hydrogen) atoms. The van der Waals surface area contributed by atoms with Gasteiger partial charge < -0.3 is 15.0 Å². The van der Waals surface area contributed by atoms with E-state index in [0.717, 1.165) is 54.0 Å². The number of fused-ring (bicyclic) bond motifs is 2. The maximum atomic E-state index is 14.8. The Hall–Kier alpha value is -5.52. The number of H-pyrrole nitrogens is 2. The lowest BCUT2D eigenvalue weighted by atomic mass is 10.1. The summed E-state index contributed by atoms with van der Waals surface area (Å²) in [7, 11) is 0. The molecule has 6 heterocycles. The summed E-state index contributed by atoms with van der Waals surface area (Å²) in [6.45, 7) is 4.96. The van der Waals surface area contributed by atoms with E-state index >= 15 is 0 Å². The van der Waals surface area contributed by atoms with Crippen molar-refractivity contribution in [1.29, 1.82) is 0 Å². The summed E-state index contributed by atoms with van der Waals surface area (Å²) in [6, 6.07) is 22.9. The molecule has 1 aliphatic rings. The summed E-state index contributed by atoms with van der Waals surface area (Å²) >= 11 is 0. The summed E-state index contributed by atoms with van der Waals surface area (Å²) in [5, 5.41) is 11.1. The first-order valence-electron chi connectivity index (χ1n) is 16.2. The van der Waals surface area contributed by atoms with Gasteiger partial charge in [-0.15, -0.1) is 0 Å². The van der Waals surface area contributed by atoms with Crippen LogP contribution in [0.3, 0.4) is 0 Å². The van der Waals surface area contributed by atoms with Gasteiger partial charge in [-0.2, -0.15) is 5.10 Å². The zero-order chi connectivity index (χ0) is 32.3. The number of benzene rings is 2. The van der Waals surface area contributed by atoms with Gasteiger partial charge in [0.15, 0.2) is 11.5 Å². The van der Waals surface area contributed by atoms with E-state index in [1.165, 1.54) is 30.5 Å². The summed E-state index contributed by atoms with van der Waals surface area (Å²) in [5.74, 6) is 0.615. The van der Waals surface area contributed by atoms with Crippen LogP contribution in [0.2, 0.25) is 0 Å². The van der Waals surface area contributed by atoms with Crippen molar-refractivity contribution >= 4 is 22.1 Å². The fraction of sp³-hybridized carbons (Fsp3) is 0.216. The van der Waals surface area contributed by atoms with Gasteiger partial charge in [0.05, 0.1) is 22.4 Å². The average molecular weight is 640 g/mol. The fourth-order valence-corrected chi connectivity index (χ4v) is 6.24. The number of nitrogens with zero attached hydrogens (tertiary/aromatic N) is 6. The highest BCUT2D eigenvalue weighted by Gasteiger charge is 2.19. The number of rotatable bonds is 11. The van der Waals surface area contributed by atoms with Gasteiger partial charge in [-0.05, 0) is 73.5 Å². The third kappa shape index (κ3) is 6.38. The third-order valence-corrected chi connectivity index (χ3v) is 8.64. The molecular formula is C37H34FN9O. The van der Waals surface area contributed by atoms with E-state index in [-0.39, 0.29) is 0 Å². The van der Waals surface area contributed by atoms with Gasteiger partial charge in [0, 0.05) is 55.4 Å². The van der Waals surface area contributed by atoms with Crippen LogP contribution >= 0.6 is 0 Å². The number of ether oxygens (including phenoxy) is 1. The second kappa shape index (κ2) is 13.3. The van der Waals surface area contributed by atoms with E-state index in [9.17, 15) is 4.39 Å². The van der Waals surface area contributed by atoms with E-state index in [0.29, 0.717) is 52.7 Å². The molecule has 5 aromatic heterocycles. The fourth-order valence-electron chi connectivity index (χ4n) is 6.24. The molecular weight excluding hydrogens is 605 g/mol. The molecule has 0 bridgehead atoms. The lowest BCUT2D eigenvalue weighted by Gasteiger charge is -2.15. The number of pyridine rings is 3. The molecule has 8 rings (SSSR count). The number of nitrogens with one attached hydrogen (secondary N) is 3. The van der Waals surface area contributed by atoms with E-state index in [1.54, 1.807) is 6.20 Å². The number of aromatic amines is 2. The Morgan fingerprint density at radius 1 is 0.812 bits per heavy atom. The van der Waals surface area contributed by atoms with Crippen molar-refractivity contribution < 1.29 is 9.13 Å². The average Bonchev–Trinajstić information content (AvgIpc) is 3.88. The lowest BCUT2D eigenvalue weighted by molar-refractivity contribution is 0.237. The molecule has 0 unspecified atom stereocenters. The summed E-state index contributed by atoms with van der Waals surface area (Å²) < 4.78 is 20.8. The van der Waals surface area contributed by atoms with Crippen molar-refractivity contribution in [3.8, 4) is 39.8 Å². The standard InChI is InChI=1S/C37H34FN9O/c38-28-17-26(18-29(19-28)48-15-14-47-12-4-5-13-47)33-34-31(10-11-41-33)43-37(44-34)36-35-32(45-46-36)9-8-30(42-35)27-16-25(22-40-23-27)21-39-20-24-6-2-1-3-7-24/h1-3,6-11,16-19,22-23,39H,4-5,12-15,20-21H2,(H,43,44)(H,45,46). The Morgan fingerprint density at radius 2 is 1.67 bits per heavy atom. The van der Waals surface area contributed by atoms with Crippen LogP contribution in [0.1, 0.15) is 24.0 Å². The molecule has 0 aliphatic carbocycles. The predicted octanol–water partition coefficient (Wildman–Crippen LogP) is 6.53. The Morgan fingerprint density at radius 3 is 2.56 bits per heavy atom. The van der Waals surface area contributed by atoms with E-state index in [4.69, 9.17) is 14.7 Å². The van der Waals surface area contributed by atoms with Gasteiger partial charge in [0.2, 0.25) is 0 Å². The van der Waals surface area contributed by atoms with Crippen LogP contribution in [0.4, 0.5) is 4.39 Å². The Labute approximate surface area is 276 Å². The number of hydrogen-bond acceptors (Lipinski definition) is 8. The van der Waals surface area contributed by atoms with Crippen LogP contribution in [0, 0.1) is 5.82 Å². The van der Waals surface area contributed by atoms with Crippen molar-refractivity contribution in [2.24, 2.45) is 0 Å². The predicted molar refractivity (Wildman–Crippen MR) is 184 cm³/mol. The van der Waals surface area contributed by atoms with Gasteiger partial charge in [-0.3, -0.25) is 20.0 Å². The van der Waals surface area contributed by atoms with Crippen LogP contribution in [0.5, 0.6) is 5.75 Å². The second-order valence-corrected chi connectivity index (χ2v) is 12.0. The molecule has 7 aromatic rings. The lowest BCUT2D eigenvalue weighted by Crippen LogP contribution is -2.25. The smallest absolute Gasteiger partial charge is 0.161 e. The third-order valence-electron chi connectivity index (χ3n) is 8.64. The zero-order valence-electron chi connectivity index (χ0n) is 26.3. The summed E-state index contributed by atoms with van der Waals surface area (Å²) in [6.07, 6.45) is 7.81. The highest BCUT2D eigenvalue weighted by molar-refractivity contribution is 5.95. The van der Waals surface area contributed by atoms with Crippen molar-refractivity contribution in [2.45, 2.75) is 25.9 Å².